The van der Waals surface area contributed by atoms with Crippen molar-refractivity contribution in [1.82, 2.24) is 0 Å². The summed E-state index contributed by atoms with van der Waals surface area (Å²) in [7, 11) is 0. The highest BCUT2D eigenvalue weighted by Crippen LogP contribution is 2.29. The Morgan fingerprint density at radius 2 is 1.89 bits per heavy atom. The van der Waals surface area contributed by atoms with Crippen molar-refractivity contribution in [3.05, 3.63) is 29.8 Å². The van der Waals surface area contributed by atoms with Crippen LogP contribution < -0.4 is 10.6 Å². The van der Waals surface area contributed by atoms with E-state index in [4.69, 9.17) is 5.73 Å². The van der Waals surface area contributed by atoms with Gasteiger partial charge in [-0.3, -0.25) is 0 Å². The lowest BCUT2D eigenvalue weighted by molar-refractivity contribution is 0.290. The standard InChI is InChI=1S/C15H24N2O/c16-12-13-6-4-5-9-15(13)17(10-11-18)14-7-2-1-3-8-14/h4-6,9,14,18H,1-3,7-8,10-12,16H2. The Labute approximate surface area is 110 Å². The lowest BCUT2D eigenvalue weighted by Gasteiger charge is -2.37. The van der Waals surface area contributed by atoms with Gasteiger partial charge in [-0.2, -0.15) is 0 Å². The molecule has 3 N–H and O–H groups in total. The summed E-state index contributed by atoms with van der Waals surface area (Å²) in [4.78, 5) is 2.36. The van der Waals surface area contributed by atoms with Gasteiger partial charge >= 0.3 is 0 Å². The van der Waals surface area contributed by atoms with Crippen LogP contribution in [-0.2, 0) is 6.54 Å². The molecule has 1 aliphatic rings. The monoisotopic (exact) mass is 248 g/mol. The Bertz CT molecular complexity index is 361. The summed E-state index contributed by atoms with van der Waals surface area (Å²) >= 11 is 0. The minimum absolute atomic E-state index is 0.204. The highest BCUT2D eigenvalue weighted by molar-refractivity contribution is 5.54. The zero-order chi connectivity index (χ0) is 12.8. The van der Waals surface area contributed by atoms with Crippen LogP contribution in [0.3, 0.4) is 0 Å². The number of nitrogens with two attached hydrogens (primary N) is 1. The number of rotatable bonds is 5. The number of anilines is 1. The van der Waals surface area contributed by atoms with Crippen LogP contribution in [0.5, 0.6) is 0 Å². The summed E-state index contributed by atoms with van der Waals surface area (Å²) in [6.45, 7) is 1.47. The van der Waals surface area contributed by atoms with E-state index in [1.807, 2.05) is 6.07 Å². The first-order valence-electron chi connectivity index (χ1n) is 7.02. The van der Waals surface area contributed by atoms with Gasteiger partial charge in [0.1, 0.15) is 0 Å². The van der Waals surface area contributed by atoms with Crippen LogP contribution in [0.25, 0.3) is 0 Å². The molecule has 3 nitrogen and oxygen atoms in total. The van der Waals surface area contributed by atoms with Crippen molar-refractivity contribution in [1.29, 1.82) is 0 Å². The van der Waals surface area contributed by atoms with Gasteiger partial charge in [0.25, 0.3) is 0 Å². The largest absolute Gasteiger partial charge is 0.395 e. The Kier molecular flexibility index (Phi) is 5.02. The molecule has 1 aromatic rings. The van der Waals surface area contributed by atoms with Gasteiger partial charge in [-0.05, 0) is 24.5 Å². The molecule has 0 heterocycles. The van der Waals surface area contributed by atoms with Crippen LogP contribution >= 0.6 is 0 Å². The van der Waals surface area contributed by atoms with Gasteiger partial charge in [0, 0.05) is 24.8 Å². The van der Waals surface area contributed by atoms with Crippen LogP contribution in [0.1, 0.15) is 37.7 Å². The lowest BCUT2D eigenvalue weighted by atomic mass is 9.93. The number of hydrogen-bond donors (Lipinski definition) is 2. The zero-order valence-electron chi connectivity index (χ0n) is 11.0. The van der Waals surface area contributed by atoms with Crippen molar-refractivity contribution in [2.75, 3.05) is 18.1 Å². The molecule has 0 atom stereocenters. The normalized spacial score (nSPS) is 16.8. The highest BCUT2D eigenvalue weighted by atomic mass is 16.3. The molecule has 0 saturated heterocycles. The third-order valence-electron chi connectivity index (χ3n) is 3.88. The first-order chi connectivity index (χ1) is 8.86. The van der Waals surface area contributed by atoms with E-state index in [-0.39, 0.29) is 6.61 Å². The van der Waals surface area contributed by atoms with E-state index >= 15 is 0 Å². The van der Waals surface area contributed by atoms with Gasteiger partial charge < -0.3 is 15.7 Å². The number of para-hydroxylation sites is 1. The van der Waals surface area contributed by atoms with Crippen molar-refractivity contribution in [3.63, 3.8) is 0 Å². The van der Waals surface area contributed by atoms with E-state index in [1.54, 1.807) is 0 Å². The van der Waals surface area contributed by atoms with E-state index in [9.17, 15) is 5.11 Å². The maximum Gasteiger partial charge on any atom is 0.0606 e. The van der Waals surface area contributed by atoms with Gasteiger partial charge in [-0.1, -0.05) is 37.5 Å². The molecular weight excluding hydrogens is 224 g/mol. The molecule has 1 aromatic carbocycles. The van der Waals surface area contributed by atoms with E-state index in [0.717, 1.165) is 0 Å². The second-order valence-electron chi connectivity index (χ2n) is 5.04. The van der Waals surface area contributed by atoms with Crippen LogP contribution in [0.2, 0.25) is 0 Å². The number of benzene rings is 1. The van der Waals surface area contributed by atoms with Crippen molar-refractivity contribution in [2.24, 2.45) is 5.73 Å². The van der Waals surface area contributed by atoms with Crippen LogP contribution in [0.15, 0.2) is 24.3 Å². The van der Waals surface area contributed by atoms with Crippen molar-refractivity contribution in [2.45, 2.75) is 44.7 Å². The molecule has 1 fully saturated rings. The van der Waals surface area contributed by atoms with Crippen LogP contribution in [-0.4, -0.2) is 24.3 Å². The predicted molar refractivity (Wildman–Crippen MR) is 75.6 cm³/mol. The first-order valence-corrected chi connectivity index (χ1v) is 7.02. The van der Waals surface area contributed by atoms with Crippen molar-refractivity contribution < 1.29 is 5.11 Å². The molecule has 0 radical (unpaired) electrons. The number of aliphatic hydroxyl groups excluding tert-OH is 1. The van der Waals surface area contributed by atoms with Crippen molar-refractivity contribution >= 4 is 5.69 Å². The summed E-state index contributed by atoms with van der Waals surface area (Å²) < 4.78 is 0. The molecule has 0 aromatic heterocycles. The molecule has 0 aliphatic heterocycles. The summed E-state index contributed by atoms with van der Waals surface area (Å²) in [5.41, 5.74) is 8.21. The molecule has 0 bridgehead atoms. The zero-order valence-corrected chi connectivity index (χ0v) is 11.0. The van der Waals surface area contributed by atoms with E-state index in [0.29, 0.717) is 19.1 Å². The molecule has 18 heavy (non-hydrogen) atoms. The fourth-order valence-corrected chi connectivity index (χ4v) is 2.96. The van der Waals surface area contributed by atoms with E-state index < -0.39 is 0 Å². The predicted octanol–water partition coefficient (Wildman–Crippen LogP) is 2.28. The summed E-state index contributed by atoms with van der Waals surface area (Å²) in [6, 6.07) is 8.87. The van der Waals surface area contributed by atoms with Crippen LogP contribution in [0, 0.1) is 0 Å². The van der Waals surface area contributed by atoms with Gasteiger partial charge in [0.05, 0.1) is 6.61 Å². The third kappa shape index (κ3) is 3.03. The molecular formula is C15H24N2O. The summed E-state index contributed by atoms with van der Waals surface area (Å²) in [5, 5.41) is 9.32. The molecule has 0 amide bonds. The fraction of sp³-hybridized carbons (Fsp3) is 0.600. The SMILES string of the molecule is NCc1ccccc1N(CCO)C1CCCCC1. The molecule has 1 aliphatic carbocycles. The van der Waals surface area contributed by atoms with Crippen molar-refractivity contribution in [3.8, 4) is 0 Å². The first kappa shape index (κ1) is 13.4. The maximum absolute atomic E-state index is 9.32. The molecule has 2 rings (SSSR count). The molecule has 0 unspecified atom stereocenters. The minimum Gasteiger partial charge on any atom is -0.395 e. The number of aliphatic hydroxyl groups is 1. The van der Waals surface area contributed by atoms with E-state index in [2.05, 4.69) is 23.1 Å². The van der Waals surface area contributed by atoms with Gasteiger partial charge in [-0.25, -0.2) is 0 Å². The minimum atomic E-state index is 0.204. The maximum atomic E-state index is 9.32. The molecule has 0 spiro atoms. The topological polar surface area (TPSA) is 49.5 Å². The van der Waals surface area contributed by atoms with Gasteiger partial charge in [0.2, 0.25) is 0 Å². The van der Waals surface area contributed by atoms with Crippen LogP contribution in [0.4, 0.5) is 5.69 Å². The lowest BCUT2D eigenvalue weighted by Crippen LogP contribution is -2.39. The third-order valence-corrected chi connectivity index (χ3v) is 3.88. The molecule has 100 valence electrons. The Morgan fingerprint density at radius 3 is 2.56 bits per heavy atom. The summed E-state index contributed by atoms with van der Waals surface area (Å²) in [5.74, 6) is 0. The number of nitrogens with zero attached hydrogens (tertiary/aromatic N) is 1. The van der Waals surface area contributed by atoms with Gasteiger partial charge in [-0.15, -0.1) is 0 Å². The Hall–Kier alpha value is -1.06. The second kappa shape index (κ2) is 6.76. The average molecular weight is 248 g/mol. The molecule has 3 heteroatoms. The highest BCUT2D eigenvalue weighted by Gasteiger charge is 2.22. The van der Waals surface area contributed by atoms with Gasteiger partial charge in [0.15, 0.2) is 0 Å². The second-order valence-corrected chi connectivity index (χ2v) is 5.04. The summed E-state index contributed by atoms with van der Waals surface area (Å²) in [6.07, 6.45) is 6.43. The van der Waals surface area contributed by atoms with E-state index in [1.165, 1.54) is 43.4 Å². The fourth-order valence-electron chi connectivity index (χ4n) is 2.96. The number of hydrogen-bond acceptors (Lipinski definition) is 3. The molecule has 1 saturated carbocycles. The smallest absolute Gasteiger partial charge is 0.0606 e. The Morgan fingerprint density at radius 1 is 1.17 bits per heavy atom. The Balaban J connectivity index is 2.22. The average Bonchev–Trinajstić information content (AvgIpc) is 2.46. The quantitative estimate of drug-likeness (QED) is 0.840.